The summed E-state index contributed by atoms with van der Waals surface area (Å²) in [6.07, 6.45) is 2.35. The fraction of sp³-hybridized carbons (Fsp3) is 0.368. The summed E-state index contributed by atoms with van der Waals surface area (Å²) in [7, 11) is 0. The molecule has 2 aromatic rings. The summed E-state index contributed by atoms with van der Waals surface area (Å²) < 4.78 is 0. The van der Waals surface area contributed by atoms with Gasteiger partial charge >= 0.3 is 0 Å². The zero-order valence-electron chi connectivity index (χ0n) is 13.0. The van der Waals surface area contributed by atoms with E-state index in [0.29, 0.717) is 12.0 Å². The average Bonchev–Trinajstić information content (AvgIpc) is 2.54. The first-order chi connectivity index (χ1) is 10.3. The Morgan fingerprint density at radius 2 is 1.52 bits per heavy atom. The Balaban J connectivity index is 2.15. The van der Waals surface area contributed by atoms with Crippen molar-refractivity contribution in [2.75, 3.05) is 5.73 Å². The summed E-state index contributed by atoms with van der Waals surface area (Å²) in [4.78, 5) is 0. The van der Waals surface area contributed by atoms with Crippen LogP contribution in [-0.2, 0) is 6.54 Å². The van der Waals surface area contributed by atoms with E-state index < -0.39 is 0 Å². The number of anilines is 1. The number of para-hydroxylation sites is 1. The minimum absolute atomic E-state index is 0.376. The van der Waals surface area contributed by atoms with Crippen LogP contribution in [0, 0.1) is 5.92 Å². The van der Waals surface area contributed by atoms with Gasteiger partial charge in [0.15, 0.2) is 0 Å². The molecule has 0 fully saturated rings. The second kappa shape index (κ2) is 7.84. The highest BCUT2D eigenvalue weighted by molar-refractivity contribution is 5.46. The first-order valence-corrected chi connectivity index (χ1v) is 7.88. The Morgan fingerprint density at radius 3 is 2.14 bits per heavy atom. The lowest BCUT2D eigenvalue weighted by molar-refractivity contribution is 0.339. The Kier molecular flexibility index (Phi) is 5.82. The lowest BCUT2D eigenvalue weighted by Crippen LogP contribution is -2.28. The lowest BCUT2D eigenvalue weighted by Gasteiger charge is -2.27. The molecule has 0 saturated carbocycles. The van der Waals surface area contributed by atoms with Crippen molar-refractivity contribution in [1.82, 2.24) is 5.32 Å². The topological polar surface area (TPSA) is 38.0 Å². The van der Waals surface area contributed by atoms with E-state index in [1.165, 1.54) is 24.0 Å². The number of rotatable bonds is 7. The number of hydrogen-bond donors (Lipinski definition) is 2. The first-order valence-electron chi connectivity index (χ1n) is 7.88. The van der Waals surface area contributed by atoms with Crippen LogP contribution < -0.4 is 11.1 Å². The molecule has 3 N–H and O–H groups in total. The van der Waals surface area contributed by atoms with E-state index in [0.717, 1.165) is 12.2 Å². The molecule has 21 heavy (non-hydrogen) atoms. The molecule has 2 aromatic carbocycles. The van der Waals surface area contributed by atoms with Gasteiger partial charge in [0, 0.05) is 18.3 Å². The van der Waals surface area contributed by atoms with Crippen LogP contribution in [0.2, 0.25) is 0 Å². The number of hydrogen-bond acceptors (Lipinski definition) is 2. The second-order valence-corrected chi connectivity index (χ2v) is 5.54. The van der Waals surface area contributed by atoms with Gasteiger partial charge in [-0.05, 0) is 23.1 Å². The molecule has 0 aromatic heterocycles. The molecule has 2 heteroatoms. The minimum Gasteiger partial charge on any atom is -0.398 e. The predicted molar refractivity (Wildman–Crippen MR) is 90.9 cm³/mol. The standard InChI is InChI=1S/C19H26N2/c1-3-15(4-2)19(16-10-6-5-7-11-16)21-14-17-12-8-9-13-18(17)20/h5-13,15,19,21H,3-4,14,20H2,1-2H3. The van der Waals surface area contributed by atoms with Crippen LogP contribution in [0.4, 0.5) is 5.69 Å². The molecule has 112 valence electrons. The highest BCUT2D eigenvalue weighted by Gasteiger charge is 2.19. The van der Waals surface area contributed by atoms with Crippen molar-refractivity contribution in [1.29, 1.82) is 0 Å². The van der Waals surface area contributed by atoms with Crippen molar-refractivity contribution >= 4 is 5.69 Å². The monoisotopic (exact) mass is 282 g/mol. The maximum absolute atomic E-state index is 6.05. The van der Waals surface area contributed by atoms with Crippen LogP contribution in [0.15, 0.2) is 54.6 Å². The third kappa shape index (κ3) is 4.08. The van der Waals surface area contributed by atoms with E-state index in [-0.39, 0.29) is 0 Å². The fourth-order valence-corrected chi connectivity index (χ4v) is 2.89. The van der Waals surface area contributed by atoms with E-state index in [2.05, 4.69) is 55.6 Å². The van der Waals surface area contributed by atoms with E-state index in [1.54, 1.807) is 0 Å². The number of nitrogens with one attached hydrogen (secondary N) is 1. The quantitative estimate of drug-likeness (QED) is 0.732. The number of nitrogen functional groups attached to an aromatic ring is 1. The Bertz CT molecular complexity index is 532. The maximum Gasteiger partial charge on any atom is 0.0359 e. The van der Waals surface area contributed by atoms with Crippen LogP contribution in [0.25, 0.3) is 0 Å². The summed E-state index contributed by atoms with van der Waals surface area (Å²) in [5, 5.41) is 3.72. The van der Waals surface area contributed by atoms with Gasteiger partial charge < -0.3 is 11.1 Å². The molecule has 2 nitrogen and oxygen atoms in total. The summed E-state index contributed by atoms with van der Waals surface area (Å²) in [5.41, 5.74) is 9.44. The van der Waals surface area contributed by atoms with Gasteiger partial charge in [0.1, 0.15) is 0 Å². The van der Waals surface area contributed by atoms with Crippen LogP contribution in [0.3, 0.4) is 0 Å². The van der Waals surface area contributed by atoms with Gasteiger partial charge in [-0.1, -0.05) is 75.2 Å². The first kappa shape index (κ1) is 15.6. The second-order valence-electron chi connectivity index (χ2n) is 5.54. The summed E-state index contributed by atoms with van der Waals surface area (Å²) in [5.74, 6) is 0.636. The van der Waals surface area contributed by atoms with E-state index >= 15 is 0 Å². The average molecular weight is 282 g/mol. The number of nitrogens with two attached hydrogens (primary N) is 1. The molecular formula is C19H26N2. The molecule has 0 heterocycles. The molecule has 0 spiro atoms. The Labute approximate surface area is 128 Å². The smallest absolute Gasteiger partial charge is 0.0359 e. The van der Waals surface area contributed by atoms with Gasteiger partial charge in [0.25, 0.3) is 0 Å². The van der Waals surface area contributed by atoms with E-state index in [9.17, 15) is 0 Å². The SMILES string of the molecule is CCC(CC)C(NCc1ccccc1N)c1ccccc1. The Morgan fingerprint density at radius 1 is 0.905 bits per heavy atom. The zero-order valence-corrected chi connectivity index (χ0v) is 13.0. The molecule has 0 aliphatic rings. The van der Waals surface area contributed by atoms with E-state index in [4.69, 9.17) is 5.73 Å². The van der Waals surface area contributed by atoms with Crippen LogP contribution in [0.5, 0.6) is 0 Å². The lowest BCUT2D eigenvalue weighted by atomic mass is 9.88. The van der Waals surface area contributed by atoms with Crippen molar-refractivity contribution in [3.63, 3.8) is 0 Å². The molecular weight excluding hydrogens is 256 g/mol. The summed E-state index contributed by atoms with van der Waals surface area (Å²) in [6, 6.07) is 19.2. The molecule has 1 unspecified atom stereocenters. The molecule has 0 saturated heterocycles. The fourth-order valence-electron chi connectivity index (χ4n) is 2.89. The van der Waals surface area contributed by atoms with Gasteiger partial charge in [0.05, 0.1) is 0 Å². The third-order valence-corrected chi connectivity index (χ3v) is 4.25. The normalized spacial score (nSPS) is 12.5. The van der Waals surface area contributed by atoms with E-state index in [1.807, 2.05) is 18.2 Å². The molecule has 0 aliphatic carbocycles. The van der Waals surface area contributed by atoms with Crippen molar-refractivity contribution < 1.29 is 0 Å². The van der Waals surface area contributed by atoms with Crippen molar-refractivity contribution in [2.24, 2.45) is 5.92 Å². The molecule has 2 rings (SSSR count). The van der Waals surface area contributed by atoms with Crippen molar-refractivity contribution in [3.8, 4) is 0 Å². The summed E-state index contributed by atoms with van der Waals surface area (Å²) >= 11 is 0. The summed E-state index contributed by atoms with van der Waals surface area (Å²) in [6.45, 7) is 5.34. The third-order valence-electron chi connectivity index (χ3n) is 4.25. The zero-order chi connectivity index (χ0) is 15.1. The minimum atomic E-state index is 0.376. The number of benzene rings is 2. The largest absolute Gasteiger partial charge is 0.398 e. The highest BCUT2D eigenvalue weighted by atomic mass is 14.9. The molecule has 0 amide bonds. The molecule has 0 aliphatic heterocycles. The molecule has 0 radical (unpaired) electrons. The van der Waals surface area contributed by atoms with Crippen LogP contribution >= 0.6 is 0 Å². The maximum atomic E-state index is 6.05. The van der Waals surface area contributed by atoms with Crippen molar-refractivity contribution in [3.05, 3.63) is 65.7 Å². The van der Waals surface area contributed by atoms with Crippen molar-refractivity contribution in [2.45, 2.75) is 39.3 Å². The van der Waals surface area contributed by atoms with Gasteiger partial charge in [-0.25, -0.2) is 0 Å². The van der Waals surface area contributed by atoms with Gasteiger partial charge in [-0.2, -0.15) is 0 Å². The van der Waals surface area contributed by atoms with Crippen LogP contribution in [-0.4, -0.2) is 0 Å². The Hall–Kier alpha value is -1.80. The van der Waals surface area contributed by atoms with Gasteiger partial charge in [-0.15, -0.1) is 0 Å². The predicted octanol–water partition coefficient (Wildman–Crippen LogP) is 4.54. The van der Waals surface area contributed by atoms with Gasteiger partial charge in [0.2, 0.25) is 0 Å². The highest BCUT2D eigenvalue weighted by Crippen LogP contribution is 2.28. The molecule has 1 atom stereocenters. The van der Waals surface area contributed by atoms with Crippen LogP contribution in [0.1, 0.15) is 43.9 Å². The molecule has 0 bridgehead atoms. The van der Waals surface area contributed by atoms with Gasteiger partial charge in [-0.3, -0.25) is 0 Å².